The summed E-state index contributed by atoms with van der Waals surface area (Å²) in [5, 5.41) is 3.60. The molecule has 1 aliphatic heterocycles. The Labute approximate surface area is 222 Å². The number of fused-ring (bicyclic) bond motifs is 3. The number of nitrogens with one attached hydrogen (secondary N) is 1. The number of anilines is 1. The van der Waals surface area contributed by atoms with Crippen LogP contribution in [0.15, 0.2) is 59.5 Å². The second-order valence-electron chi connectivity index (χ2n) is 9.24. The second-order valence-corrected chi connectivity index (χ2v) is 9.24. The molecule has 0 amide bonds. The number of carbonyl (C=O) groups excluding carboxylic acids is 1. The van der Waals surface area contributed by atoms with Crippen LogP contribution in [0.3, 0.4) is 0 Å². The van der Waals surface area contributed by atoms with Gasteiger partial charge < -0.3 is 19.4 Å². The molecule has 0 radical (unpaired) electrons. The third kappa shape index (κ3) is 5.24. The molecule has 0 saturated carbocycles. The summed E-state index contributed by atoms with van der Waals surface area (Å²) in [4.78, 5) is 29.4. The van der Waals surface area contributed by atoms with E-state index in [1.165, 1.54) is 6.07 Å². The predicted molar refractivity (Wildman–Crippen MR) is 141 cm³/mol. The molecule has 5 rings (SSSR count). The van der Waals surface area contributed by atoms with Crippen LogP contribution in [-0.2, 0) is 35.3 Å². The lowest BCUT2D eigenvalue weighted by molar-refractivity contribution is -0.141. The SMILES string of the molecule is CCOC(=O)c1c2n(c3cc(-c4cc(NCc5ccnc(C(F)(F)F)c5)ccc4C)ccc3c1=O)CCOC2. The van der Waals surface area contributed by atoms with E-state index in [1.807, 2.05) is 41.8 Å². The first-order valence-corrected chi connectivity index (χ1v) is 12.5. The Morgan fingerprint density at radius 2 is 1.97 bits per heavy atom. The Balaban J connectivity index is 1.51. The smallest absolute Gasteiger partial charge is 0.433 e. The molecule has 0 fully saturated rings. The maximum Gasteiger partial charge on any atom is 0.433 e. The van der Waals surface area contributed by atoms with Crippen molar-refractivity contribution >= 4 is 22.6 Å². The van der Waals surface area contributed by atoms with Crippen LogP contribution < -0.4 is 10.7 Å². The van der Waals surface area contributed by atoms with E-state index in [-0.39, 0.29) is 25.3 Å². The van der Waals surface area contributed by atoms with E-state index in [2.05, 4.69) is 10.3 Å². The molecule has 1 N–H and O–H groups in total. The highest BCUT2D eigenvalue weighted by atomic mass is 19.4. The minimum absolute atomic E-state index is 0.00368. The molecule has 0 aliphatic carbocycles. The largest absolute Gasteiger partial charge is 0.462 e. The van der Waals surface area contributed by atoms with Crippen LogP contribution in [-0.4, -0.2) is 28.7 Å². The third-order valence-electron chi connectivity index (χ3n) is 6.71. The van der Waals surface area contributed by atoms with Crippen molar-refractivity contribution in [3.05, 3.63) is 93.0 Å². The summed E-state index contributed by atoms with van der Waals surface area (Å²) in [6, 6.07) is 13.7. The molecule has 39 heavy (non-hydrogen) atoms. The van der Waals surface area contributed by atoms with Crippen LogP contribution in [0.4, 0.5) is 18.9 Å². The molecular formula is C29H26F3N3O4. The van der Waals surface area contributed by atoms with Crippen LogP contribution >= 0.6 is 0 Å². The molecule has 4 aromatic rings. The average molecular weight is 538 g/mol. The maximum absolute atomic E-state index is 13.3. The van der Waals surface area contributed by atoms with Crippen LogP contribution in [0.1, 0.15) is 39.8 Å². The second kappa shape index (κ2) is 10.5. The molecule has 2 aromatic carbocycles. The average Bonchev–Trinajstić information content (AvgIpc) is 2.92. The van der Waals surface area contributed by atoms with Crippen LogP contribution in [0.2, 0.25) is 0 Å². The number of nitrogens with zero attached hydrogens (tertiary/aromatic N) is 2. The summed E-state index contributed by atoms with van der Waals surface area (Å²) in [6.07, 6.45) is -3.36. The number of benzene rings is 2. The fourth-order valence-corrected chi connectivity index (χ4v) is 4.79. The Kier molecular flexibility index (Phi) is 7.14. The fourth-order valence-electron chi connectivity index (χ4n) is 4.79. The van der Waals surface area contributed by atoms with Crippen LogP contribution in [0.25, 0.3) is 22.0 Å². The van der Waals surface area contributed by atoms with Crippen LogP contribution in [0, 0.1) is 6.92 Å². The van der Waals surface area contributed by atoms with Crippen molar-refractivity contribution in [2.24, 2.45) is 0 Å². The minimum Gasteiger partial charge on any atom is -0.462 e. The lowest BCUT2D eigenvalue weighted by Gasteiger charge is -2.24. The van der Waals surface area contributed by atoms with Crippen LogP contribution in [0.5, 0.6) is 0 Å². The first-order valence-electron chi connectivity index (χ1n) is 12.5. The molecule has 2 aromatic heterocycles. The van der Waals surface area contributed by atoms with E-state index >= 15 is 0 Å². The number of hydrogen-bond donors (Lipinski definition) is 1. The Morgan fingerprint density at radius 3 is 2.74 bits per heavy atom. The standard InChI is InChI=1S/C29H26F3N3O4/c1-3-39-28(37)26-24-16-38-11-10-35(24)23-13-19(5-7-21(23)27(26)36)22-14-20(6-4-17(22)2)34-15-18-8-9-33-25(12-18)29(30,31)32/h4-9,12-14,34H,3,10-11,15-16H2,1-2H3. The molecule has 10 heteroatoms. The highest BCUT2D eigenvalue weighted by molar-refractivity contribution is 5.96. The summed E-state index contributed by atoms with van der Waals surface area (Å²) < 4.78 is 51.7. The number of rotatable bonds is 6. The predicted octanol–water partition coefficient (Wildman–Crippen LogP) is 5.71. The Morgan fingerprint density at radius 1 is 1.15 bits per heavy atom. The van der Waals surface area contributed by atoms with Crippen molar-refractivity contribution in [1.29, 1.82) is 0 Å². The van der Waals surface area contributed by atoms with Crippen molar-refractivity contribution in [2.75, 3.05) is 18.5 Å². The molecule has 0 atom stereocenters. The highest BCUT2D eigenvalue weighted by Crippen LogP contribution is 2.31. The van der Waals surface area contributed by atoms with Gasteiger partial charge in [-0.15, -0.1) is 0 Å². The number of esters is 1. The van der Waals surface area contributed by atoms with Gasteiger partial charge in [-0.25, -0.2) is 4.79 Å². The minimum atomic E-state index is -4.51. The van der Waals surface area contributed by atoms with Gasteiger partial charge in [0.15, 0.2) is 0 Å². The molecule has 202 valence electrons. The van der Waals surface area contributed by atoms with Crippen molar-refractivity contribution in [2.45, 2.75) is 39.7 Å². The van der Waals surface area contributed by atoms with E-state index in [4.69, 9.17) is 9.47 Å². The molecule has 3 heterocycles. The Bertz CT molecular complexity index is 1630. The lowest BCUT2D eigenvalue weighted by Crippen LogP contribution is -2.29. The number of hydrogen-bond acceptors (Lipinski definition) is 6. The van der Waals surface area contributed by atoms with Gasteiger partial charge in [0.25, 0.3) is 0 Å². The van der Waals surface area contributed by atoms with Gasteiger partial charge in [-0.2, -0.15) is 13.2 Å². The summed E-state index contributed by atoms with van der Waals surface area (Å²) in [6.45, 7) is 5.05. The third-order valence-corrected chi connectivity index (χ3v) is 6.71. The van der Waals surface area contributed by atoms with E-state index in [0.29, 0.717) is 35.3 Å². The first-order chi connectivity index (χ1) is 18.7. The van der Waals surface area contributed by atoms with E-state index in [1.54, 1.807) is 13.0 Å². The molecule has 0 spiro atoms. The zero-order chi connectivity index (χ0) is 27.7. The van der Waals surface area contributed by atoms with Gasteiger partial charge in [-0.3, -0.25) is 9.78 Å². The quantitative estimate of drug-likeness (QED) is 0.318. The molecule has 0 saturated heterocycles. The van der Waals surface area contributed by atoms with Gasteiger partial charge >= 0.3 is 12.1 Å². The summed E-state index contributed by atoms with van der Waals surface area (Å²) in [5.74, 6) is -0.658. The topological polar surface area (TPSA) is 82.5 Å². The number of halogens is 3. The molecule has 0 bridgehead atoms. The van der Waals surface area contributed by atoms with E-state index in [0.717, 1.165) is 34.6 Å². The van der Waals surface area contributed by atoms with E-state index < -0.39 is 23.3 Å². The van der Waals surface area contributed by atoms with Gasteiger partial charge in [0.2, 0.25) is 5.43 Å². The van der Waals surface area contributed by atoms with Gasteiger partial charge in [-0.1, -0.05) is 12.1 Å². The van der Waals surface area contributed by atoms with Gasteiger partial charge in [0.05, 0.1) is 31.0 Å². The number of aromatic nitrogens is 2. The zero-order valence-electron chi connectivity index (χ0n) is 21.4. The molecular weight excluding hydrogens is 511 g/mol. The zero-order valence-corrected chi connectivity index (χ0v) is 21.4. The Hall–Kier alpha value is -4.18. The normalized spacial score (nSPS) is 13.3. The molecule has 0 unspecified atom stereocenters. The van der Waals surface area contributed by atoms with Gasteiger partial charge in [0, 0.05) is 30.4 Å². The number of ether oxygens (including phenoxy) is 2. The van der Waals surface area contributed by atoms with Gasteiger partial charge in [0.1, 0.15) is 11.3 Å². The highest BCUT2D eigenvalue weighted by Gasteiger charge is 2.32. The summed E-state index contributed by atoms with van der Waals surface area (Å²) >= 11 is 0. The fraction of sp³-hybridized carbons (Fsp3) is 0.276. The van der Waals surface area contributed by atoms with Crippen molar-refractivity contribution in [3.8, 4) is 11.1 Å². The van der Waals surface area contributed by atoms with Crippen molar-refractivity contribution in [1.82, 2.24) is 9.55 Å². The van der Waals surface area contributed by atoms with Gasteiger partial charge in [-0.05, 0) is 72.5 Å². The first kappa shape index (κ1) is 26.4. The number of aryl methyl sites for hydroxylation is 1. The van der Waals surface area contributed by atoms with Crippen molar-refractivity contribution in [3.63, 3.8) is 0 Å². The summed E-state index contributed by atoms with van der Waals surface area (Å²) in [7, 11) is 0. The maximum atomic E-state index is 13.3. The molecule has 1 aliphatic rings. The number of alkyl halides is 3. The van der Waals surface area contributed by atoms with E-state index in [9.17, 15) is 22.8 Å². The number of pyridine rings is 2. The monoisotopic (exact) mass is 537 g/mol. The summed E-state index contributed by atoms with van der Waals surface area (Å²) in [5.41, 5.74) is 3.79. The lowest BCUT2D eigenvalue weighted by atomic mass is 9.97. The molecule has 7 nitrogen and oxygen atoms in total. The number of carbonyl (C=O) groups is 1. The van der Waals surface area contributed by atoms with Crippen molar-refractivity contribution < 1.29 is 27.4 Å².